The second kappa shape index (κ2) is 15.1. The van der Waals surface area contributed by atoms with Crippen molar-refractivity contribution in [3.63, 3.8) is 0 Å². The first kappa shape index (κ1) is 29.1. The Bertz CT molecular complexity index is 998. The molecule has 2 aromatic rings. The Labute approximate surface area is 218 Å². The average Bonchev–Trinajstić information content (AvgIpc) is 2.85. The predicted molar refractivity (Wildman–Crippen MR) is 144 cm³/mol. The van der Waals surface area contributed by atoms with E-state index in [1.807, 2.05) is 74.5 Å². The number of benzene rings is 2. The highest BCUT2D eigenvalue weighted by atomic mass is 32.2. The lowest BCUT2D eigenvalue weighted by Gasteiger charge is -2.25. The molecule has 0 aliphatic heterocycles. The van der Waals surface area contributed by atoms with E-state index in [4.69, 9.17) is 0 Å². The summed E-state index contributed by atoms with van der Waals surface area (Å²) in [6.07, 6.45) is 1.83. The van der Waals surface area contributed by atoms with Crippen LogP contribution in [-0.4, -0.2) is 47.2 Å². The van der Waals surface area contributed by atoms with Gasteiger partial charge in [0.25, 0.3) is 0 Å². The number of aryl methyl sites for hydroxylation is 1. The number of carbonyl (C=O) groups excluding carboxylic acids is 4. The number of hydrogen-bond donors (Lipinski definition) is 3. The molecule has 0 saturated heterocycles. The van der Waals surface area contributed by atoms with Crippen molar-refractivity contribution in [2.24, 2.45) is 5.92 Å². The van der Waals surface area contributed by atoms with Crippen molar-refractivity contribution in [1.29, 1.82) is 0 Å². The van der Waals surface area contributed by atoms with Gasteiger partial charge in [0, 0.05) is 20.4 Å². The summed E-state index contributed by atoms with van der Waals surface area (Å²) < 4.78 is 0. The fraction of sp³-hybridized carbons (Fsp3) is 0.429. The molecule has 3 atom stereocenters. The van der Waals surface area contributed by atoms with Crippen LogP contribution in [0.15, 0.2) is 60.7 Å². The van der Waals surface area contributed by atoms with Gasteiger partial charge in [-0.3, -0.25) is 19.2 Å². The third-order valence-corrected chi connectivity index (χ3v) is 6.71. The second-order valence-electron chi connectivity index (χ2n) is 9.18. The van der Waals surface area contributed by atoms with Gasteiger partial charge in [0.1, 0.15) is 12.1 Å². The molecular weight excluding hydrogens is 474 g/mol. The van der Waals surface area contributed by atoms with Crippen molar-refractivity contribution in [2.75, 3.05) is 7.05 Å². The van der Waals surface area contributed by atoms with Crippen LogP contribution in [0.3, 0.4) is 0 Å². The Kier molecular flexibility index (Phi) is 12.2. The van der Waals surface area contributed by atoms with Gasteiger partial charge < -0.3 is 16.0 Å². The maximum Gasteiger partial charge on any atom is 0.243 e. The number of amides is 3. The van der Waals surface area contributed by atoms with E-state index in [9.17, 15) is 19.2 Å². The summed E-state index contributed by atoms with van der Waals surface area (Å²) in [5, 5.41) is 7.51. The van der Waals surface area contributed by atoms with E-state index in [1.54, 1.807) is 0 Å². The maximum absolute atomic E-state index is 13.3. The van der Waals surface area contributed by atoms with Gasteiger partial charge in [-0.25, -0.2) is 0 Å². The van der Waals surface area contributed by atoms with E-state index in [0.717, 1.165) is 22.9 Å². The van der Waals surface area contributed by atoms with Crippen LogP contribution in [-0.2, 0) is 32.0 Å². The number of likely N-dealkylation sites (N-methyl/N-ethyl adjacent to an activating group) is 1. The van der Waals surface area contributed by atoms with E-state index in [-0.39, 0.29) is 22.8 Å². The third-order valence-electron chi connectivity index (χ3n) is 5.64. The fourth-order valence-electron chi connectivity index (χ4n) is 3.86. The second-order valence-corrected chi connectivity index (χ2v) is 10.6. The first-order valence-corrected chi connectivity index (χ1v) is 13.1. The molecule has 2 rings (SSSR count). The molecule has 0 aliphatic rings. The zero-order valence-corrected chi connectivity index (χ0v) is 22.3. The first-order valence-electron chi connectivity index (χ1n) is 12.3. The van der Waals surface area contributed by atoms with Gasteiger partial charge in [-0.1, -0.05) is 86.3 Å². The topological polar surface area (TPSA) is 104 Å². The number of rotatable bonds is 13. The number of hydrogen-bond acceptors (Lipinski definition) is 5. The van der Waals surface area contributed by atoms with Crippen molar-refractivity contribution >= 4 is 34.6 Å². The van der Waals surface area contributed by atoms with Crippen LogP contribution in [0.4, 0.5) is 0 Å². The van der Waals surface area contributed by atoms with Gasteiger partial charge >= 0.3 is 0 Å². The molecule has 8 heteroatoms. The van der Waals surface area contributed by atoms with Crippen molar-refractivity contribution in [1.82, 2.24) is 16.0 Å². The fourth-order valence-corrected chi connectivity index (χ4v) is 4.67. The van der Waals surface area contributed by atoms with Crippen molar-refractivity contribution in [3.8, 4) is 0 Å². The Balaban J connectivity index is 2.13. The Morgan fingerprint density at radius 2 is 1.33 bits per heavy atom. The normalized spacial score (nSPS) is 13.4. The van der Waals surface area contributed by atoms with E-state index in [2.05, 4.69) is 16.0 Å². The summed E-state index contributed by atoms with van der Waals surface area (Å²) in [4.78, 5) is 50.9. The summed E-state index contributed by atoms with van der Waals surface area (Å²) in [5.74, 6) is -0.964. The minimum Gasteiger partial charge on any atom is -0.357 e. The number of nitrogens with one attached hydrogen (secondary N) is 3. The maximum atomic E-state index is 13.3. The van der Waals surface area contributed by atoms with E-state index in [1.165, 1.54) is 14.0 Å². The lowest BCUT2D eigenvalue weighted by Crippen LogP contribution is -2.55. The molecule has 0 fully saturated rings. The lowest BCUT2D eigenvalue weighted by molar-refractivity contribution is -0.132. The summed E-state index contributed by atoms with van der Waals surface area (Å²) in [6.45, 7) is 5.36. The molecule has 0 aromatic heterocycles. The number of carbonyl (C=O) groups is 4. The van der Waals surface area contributed by atoms with Crippen LogP contribution in [0.25, 0.3) is 0 Å². The van der Waals surface area contributed by atoms with Gasteiger partial charge in [0.05, 0.1) is 5.25 Å². The third kappa shape index (κ3) is 10.2. The summed E-state index contributed by atoms with van der Waals surface area (Å²) in [5.41, 5.74) is 1.99. The average molecular weight is 512 g/mol. The quantitative estimate of drug-likeness (QED) is 0.383. The standard InChI is InChI=1S/C28H37N3O4S/c1-19(2)17-23(27(34)30-24(26(33)29-4)18-22-13-9-6-10-14-22)31-28(35)25(36-20(3)32)16-15-21-11-7-5-8-12-21/h5-14,19,23-25H,15-18H2,1-4H3,(H,29,33)(H,30,34)(H,31,35)/t23-,24-,25?/m0/s1. The molecule has 194 valence electrons. The van der Waals surface area contributed by atoms with Gasteiger partial charge in [-0.2, -0.15) is 0 Å². The summed E-state index contributed by atoms with van der Waals surface area (Å²) in [6, 6.07) is 17.6. The van der Waals surface area contributed by atoms with Gasteiger partial charge in [0.15, 0.2) is 5.12 Å². The van der Waals surface area contributed by atoms with Crippen molar-refractivity contribution < 1.29 is 19.2 Å². The molecule has 0 aliphatic carbocycles. The van der Waals surface area contributed by atoms with Crippen LogP contribution in [0.1, 0.15) is 44.7 Å². The van der Waals surface area contributed by atoms with Crippen LogP contribution in [0.2, 0.25) is 0 Å². The first-order chi connectivity index (χ1) is 17.2. The molecule has 7 nitrogen and oxygen atoms in total. The predicted octanol–water partition coefficient (Wildman–Crippen LogP) is 3.27. The van der Waals surface area contributed by atoms with Crippen molar-refractivity contribution in [3.05, 3.63) is 71.8 Å². The highest BCUT2D eigenvalue weighted by Crippen LogP contribution is 2.20. The molecule has 3 N–H and O–H groups in total. The molecule has 1 unspecified atom stereocenters. The van der Waals surface area contributed by atoms with Crippen LogP contribution >= 0.6 is 11.8 Å². The van der Waals surface area contributed by atoms with Gasteiger partial charge in [-0.05, 0) is 36.3 Å². The van der Waals surface area contributed by atoms with Crippen LogP contribution in [0, 0.1) is 5.92 Å². The molecule has 0 bridgehead atoms. The highest BCUT2D eigenvalue weighted by Gasteiger charge is 2.30. The van der Waals surface area contributed by atoms with Crippen LogP contribution < -0.4 is 16.0 Å². The molecule has 3 amide bonds. The smallest absolute Gasteiger partial charge is 0.243 e. The zero-order chi connectivity index (χ0) is 26.5. The zero-order valence-electron chi connectivity index (χ0n) is 21.5. The molecule has 0 spiro atoms. The summed E-state index contributed by atoms with van der Waals surface area (Å²) in [7, 11) is 1.52. The largest absolute Gasteiger partial charge is 0.357 e. The monoisotopic (exact) mass is 511 g/mol. The van der Waals surface area contributed by atoms with Crippen molar-refractivity contribution in [2.45, 2.75) is 63.8 Å². The Hall–Kier alpha value is -3.13. The van der Waals surface area contributed by atoms with E-state index in [0.29, 0.717) is 25.7 Å². The Morgan fingerprint density at radius 3 is 1.86 bits per heavy atom. The Morgan fingerprint density at radius 1 is 0.778 bits per heavy atom. The van der Waals surface area contributed by atoms with E-state index < -0.39 is 23.2 Å². The highest BCUT2D eigenvalue weighted by molar-refractivity contribution is 8.14. The minimum atomic E-state index is -0.827. The van der Waals surface area contributed by atoms with Gasteiger partial charge in [0.2, 0.25) is 17.7 Å². The molecule has 0 saturated carbocycles. The molecule has 0 heterocycles. The summed E-state index contributed by atoms with van der Waals surface area (Å²) >= 11 is 0.977. The molecule has 36 heavy (non-hydrogen) atoms. The minimum absolute atomic E-state index is 0.122. The van der Waals surface area contributed by atoms with Crippen LogP contribution in [0.5, 0.6) is 0 Å². The lowest BCUT2D eigenvalue weighted by atomic mass is 10.0. The number of thioether (sulfide) groups is 1. The molecule has 2 aromatic carbocycles. The SMILES string of the molecule is CNC(=O)[C@H](Cc1ccccc1)NC(=O)[C@H](CC(C)C)NC(=O)C(CCc1ccccc1)SC(C)=O. The van der Waals surface area contributed by atoms with Gasteiger partial charge in [-0.15, -0.1) is 0 Å². The molecule has 0 radical (unpaired) electrons. The molecular formula is C28H37N3O4S. The van der Waals surface area contributed by atoms with E-state index >= 15 is 0 Å².